The van der Waals surface area contributed by atoms with E-state index >= 15 is 0 Å². The second-order valence-corrected chi connectivity index (χ2v) is 6.73. The molecule has 8 heteroatoms. The van der Waals surface area contributed by atoms with Crippen molar-refractivity contribution in [1.82, 2.24) is 30.3 Å². The average molecular weight is 485 g/mol. The van der Waals surface area contributed by atoms with E-state index in [0.717, 1.165) is 30.6 Å². The van der Waals surface area contributed by atoms with Gasteiger partial charge in [0.1, 0.15) is 6.33 Å². The normalized spacial score (nSPS) is 11.8. The number of aliphatic imine (C=N–C) groups is 1. The SMILES string of the molecule is CN=C(NCCN(C(C)C)C(C)C)NCc1nncn1-c1ccccc1.I. The minimum Gasteiger partial charge on any atom is -0.355 e. The Balaban J connectivity index is 0.00000364. The number of nitrogens with one attached hydrogen (secondary N) is 2. The molecule has 0 bridgehead atoms. The van der Waals surface area contributed by atoms with Gasteiger partial charge in [-0.1, -0.05) is 18.2 Å². The summed E-state index contributed by atoms with van der Waals surface area (Å²) in [7, 11) is 1.78. The first-order chi connectivity index (χ1) is 12.5. The molecule has 0 amide bonds. The highest BCUT2D eigenvalue weighted by molar-refractivity contribution is 14.0. The third-order valence-corrected chi connectivity index (χ3v) is 4.28. The Morgan fingerprint density at radius 1 is 1.11 bits per heavy atom. The minimum atomic E-state index is 0. The molecule has 2 aromatic rings. The van der Waals surface area contributed by atoms with Gasteiger partial charge in [-0.3, -0.25) is 14.5 Å². The topological polar surface area (TPSA) is 70.4 Å². The van der Waals surface area contributed by atoms with E-state index in [-0.39, 0.29) is 24.0 Å². The molecule has 0 aliphatic heterocycles. The summed E-state index contributed by atoms with van der Waals surface area (Å²) in [6, 6.07) is 11.1. The van der Waals surface area contributed by atoms with E-state index in [1.54, 1.807) is 13.4 Å². The molecular formula is C19H32IN7. The molecule has 1 heterocycles. The third-order valence-electron chi connectivity index (χ3n) is 4.28. The van der Waals surface area contributed by atoms with Crippen LogP contribution in [0, 0.1) is 0 Å². The smallest absolute Gasteiger partial charge is 0.191 e. The van der Waals surface area contributed by atoms with Crippen LogP contribution in [0.25, 0.3) is 5.69 Å². The van der Waals surface area contributed by atoms with E-state index in [0.29, 0.717) is 18.6 Å². The zero-order valence-electron chi connectivity index (χ0n) is 16.9. The van der Waals surface area contributed by atoms with E-state index in [1.807, 2.05) is 34.9 Å². The van der Waals surface area contributed by atoms with E-state index in [9.17, 15) is 0 Å². The van der Waals surface area contributed by atoms with Crippen molar-refractivity contribution in [3.63, 3.8) is 0 Å². The first-order valence-electron chi connectivity index (χ1n) is 9.17. The molecule has 150 valence electrons. The lowest BCUT2D eigenvalue weighted by molar-refractivity contribution is 0.178. The third kappa shape index (κ3) is 7.10. The van der Waals surface area contributed by atoms with Gasteiger partial charge in [0.15, 0.2) is 11.8 Å². The molecule has 0 aliphatic rings. The van der Waals surface area contributed by atoms with Crippen molar-refractivity contribution in [3.8, 4) is 5.69 Å². The molecule has 0 spiro atoms. The minimum absolute atomic E-state index is 0. The van der Waals surface area contributed by atoms with Crippen molar-refractivity contribution >= 4 is 29.9 Å². The fraction of sp³-hybridized carbons (Fsp3) is 0.526. The number of para-hydroxylation sites is 1. The Morgan fingerprint density at radius 2 is 1.78 bits per heavy atom. The Morgan fingerprint density at radius 3 is 2.37 bits per heavy atom. The van der Waals surface area contributed by atoms with Crippen LogP contribution in [-0.2, 0) is 6.54 Å². The summed E-state index contributed by atoms with van der Waals surface area (Å²) in [4.78, 5) is 6.75. The van der Waals surface area contributed by atoms with Crippen LogP contribution < -0.4 is 10.6 Å². The second-order valence-electron chi connectivity index (χ2n) is 6.73. The predicted octanol–water partition coefficient (Wildman–Crippen LogP) is 2.67. The molecule has 0 aliphatic carbocycles. The summed E-state index contributed by atoms with van der Waals surface area (Å²) in [5.74, 6) is 1.60. The van der Waals surface area contributed by atoms with Crippen molar-refractivity contribution in [2.24, 2.45) is 4.99 Å². The van der Waals surface area contributed by atoms with Crippen molar-refractivity contribution in [2.45, 2.75) is 46.3 Å². The highest BCUT2D eigenvalue weighted by atomic mass is 127. The Kier molecular flexibility index (Phi) is 10.3. The molecule has 1 aromatic carbocycles. The molecule has 0 fully saturated rings. The summed E-state index contributed by atoms with van der Waals surface area (Å²) >= 11 is 0. The number of guanidine groups is 1. The zero-order valence-corrected chi connectivity index (χ0v) is 19.2. The maximum atomic E-state index is 4.29. The molecule has 0 atom stereocenters. The molecule has 1 aromatic heterocycles. The fourth-order valence-electron chi connectivity index (χ4n) is 2.98. The fourth-order valence-corrected chi connectivity index (χ4v) is 2.98. The van der Waals surface area contributed by atoms with E-state index < -0.39 is 0 Å². The van der Waals surface area contributed by atoms with Crippen molar-refractivity contribution < 1.29 is 0 Å². The molecule has 2 N–H and O–H groups in total. The summed E-state index contributed by atoms with van der Waals surface area (Å²) < 4.78 is 1.97. The number of halogens is 1. The molecule has 0 saturated heterocycles. The van der Waals surface area contributed by atoms with Crippen LogP contribution >= 0.6 is 24.0 Å². The Hall–Kier alpha value is -1.68. The summed E-state index contributed by atoms with van der Waals surface area (Å²) in [6.45, 7) is 11.3. The standard InChI is InChI=1S/C19H31N7.HI/c1-15(2)25(16(3)4)12-11-21-19(20-5)22-13-18-24-23-14-26(18)17-9-7-6-8-10-17;/h6-10,14-16H,11-13H2,1-5H3,(H2,20,21,22);1H. The quantitative estimate of drug-likeness (QED) is 0.342. The van der Waals surface area contributed by atoms with Gasteiger partial charge < -0.3 is 10.6 Å². The van der Waals surface area contributed by atoms with Gasteiger partial charge in [-0.2, -0.15) is 0 Å². The van der Waals surface area contributed by atoms with Crippen LogP contribution in [0.3, 0.4) is 0 Å². The van der Waals surface area contributed by atoms with Crippen LogP contribution in [-0.4, -0.2) is 57.8 Å². The summed E-state index contributed by atoms with van der Waals surface area (Å²) in [5, 5.41) is 14.9. The van der Waals surface area contributed by atoms with Crippen LogP contribution in [0.15, 0.2) is 41.7 Å². The summed E-state index contributed by atoms with van der Waals surface area (Å²) in [6.07, 6.45) is 1.73. The first-order valence-corrected chi connectivity index (χ1v) is 9.17. The van der Waals surface area contributed by atoms with Crippen molar-refractivity contribution in [3.05, 3.63) is 42.5 Å². The largest absolute Gasteiger partial charge is 0.355 e. The lowest BCUT2D eigenvalue weighted by Gasteiger charge is -2.30. The Bertz CT molecular complexity index is 674. The second kappa shape index (κ2) is 11.9. The number of benzene rings is 1. The van der Waals surface area contributed by atoms with E-state index in [4.69, 9.17) is 0 Å². The van der Waals surface area contributed by atoms with Crippen LogP contribution in [0.5, 0.6) is 0 Å². The molecular weight excluding hydrogens is 453 g/mol. The van der Waals surface area contributed by atoms with Gasteiger partial charge in [0, 0.05) is 37.9 Å². The number of aromatic nitrogens is 3. The van der Waals surface area contributed by atoms with Gasteiger partial charge in [-0.25, -0.2) is 0 Å². The van der Waals surface area contributed by atoms with Crippen molar-refractivity contribution in [1.29, 1.82) is 0 Å². The lowest BCUT2D eigenvalue weighted by atomic mass is 10.2. The molecule has 2 rings (SSSR count). The van der Waals surface area contributed by atoms with Gasteiger partial charge in [0.05, 0.1) is 6.54 Å². The van der Waals surface area contributed by atoms with Crippen LogP contribution in [0.4, 0.5) is 0 Å². The average Bonchev–Trinajstić information content (AvgIpc) is 3.09. The van der Waals surface area contributed by atoms with Crippen LogP contribution in [0.1, 0.15) is 33.5 Å². The number of hydrogen-bond acceptors (Lipinski definition) is 4. The van der Waals surface area contributed by atoms with Gasteiger partial charge in [-0.15, -0.1) is 34.2 Å². The number of rotatable bonds is 8. The number of hydrogen-bond donors (Lipinski definition) is 2. The summed E-state index contributed by atoms with van der Waals surface area (Å²) in [5.41, 5.74) is 1.04. The highest BCUT2D eigenvalue weighted by Gasteiger charge is 2.13. The maximum absolute atomic E-state index is 4.29. The molecule has 0 radical (unpaired) electrons. The zero-order chi connectivity index (χ0) is 18.9. The monoisotopic (exact) mass is 485 g/mol. The molecule has 27 heavy (non-hydrogen) atoms. The lowest BCUT2D eigenvalue weighted by Crippen LogP contribution is -2.45. The Labute approximate surface area is 179 Å². The van der Waals surface area contributed by atoms with Crippen LogP contribution in [0.2, 0.25) is 0 Å². The van der Waals surface area contributed by atoms with Crippen molar-refractivity contribution in [2.75, 3.05) is 20.1 Å². The van der Waals surface area contributed by atoms with Gasteiger partial charge in [0.2, 0.25) is 0 Å². The highest BCUT2D eigenvalue weighted by Crippen LogP contribution is 2.08. The first kappa shape index (κ1) is 23.4. The molecule has 0 unspecified atom stereocenters. The maximum Gasteiger partial charge on any atom is 0.191 e. The van der Waals surface area contributed by atoms with E-state index in [2.05, 4.69) is 58.4 Å². The van der Waals surface area contributed by atoms with Gasteiger partial charge in [0.25, 0.3) is 0 Å². The van der Waals surface area contributed by atoms with E-state index in [1.165, 1.54) is 0 Å². The van der Waals surface area contributed by atoms with Gasteiger partial charge >= 0.3 is 0 Å². The molecule has 7 nitrogen and oxygen atoms in total. The molecule has 0 saturated carbocycles. The predicted molar refractivity (Wildman–Crippen MR) is 122 cm³/mol. The number of nitrogens with zero attached hydrogens (tertiary/aromatic N) is 5. The van der Waals surface area contributed by atoms with Gasteiger partial charge in [-0.05, 0) is 39.8 Å².